The summed E-state index contributed by atoms with van der Waals surface area (Å²) in [6.45, 7) is 4.20. The number of amides is 1. The molecule has 1 aromatic heterocycles. The Hall–Kier alpha value is -2.70. The third-order valence-electron chi connectivity index (χ3n) is 6.02. The number of hydrogen-bond donors (Lipinski definition) is 2. The summed E-state index contributed by atoms with van der Waals surface area (Å²) in [6.07, 6.45) is 5.53. The number of H-pyrrole nitrogens is 1. The molecule has 144 valence electrons. The molecule has 2 N–H and O–H groups in total. The largest absolute Gasteiger partial charge is 0.379 e. The van der Waals surface area contributed by atoms with Gasteiger partial charge in [0.05, 0.1) is 18.9 Å². The van der Waals surface area contributed by atoms with E-state index < -0.39 is 5.66 Å². The lowest BCUT2D eigenvalue weighted by Crippen LogP contribution is -2.64. The zero-order valence-corrected chi connectivity index (χ0v) is 15.9. The van der Waals surface area contributed by atoms with Gasteiger partial charge in [-0.2, -0.15) is 0 Å². The van der Waals surface area contributed by atoms with Gasteiger partial charge in [-0.1, -0.05) is 30.3 Å². The highest BCUT2D eigenvalue weighted by Gasteiger charge is 2.37. The first-order valence-corrected chi connectivity index (χ1v) is 9.75. The van der Waals surface area contributed by atoms with E-state index in [1.54, 1.807) is 0 Å². The first kappa shape index (κ1) is 17.4. The average Bonchev–Trinajstić information content (AvgIpc) is 3.07. The first-order valence-electron chi connectivity index (χ1n) is 9.75. The van der Waals surface area contributed by atoms with Crippen LogP contribution >= 0.6 is 0 Å². The van der Waals surface area contributed by atoms with Crippen LogP contribution in [0.4, 0.5) is 0 Å². The summed E-state index contributed by atoms with van der Waals surface area (Å²) in [5.41, 5.74) is 3.66. The van der Waals surface area contributed by atoms with Crippen molar-refractivity contribution in [1.29, 1.82) is 0 Å². The highest BCUT2D eigenvalue weighted by atomic mass is 16.5. The minimum atomic E-state index is -0.685. The Bertz CT molecular complexity index is 1140. The molecule has 6 heteroatoms. The molecule has 1 aromatic carbocycles. The van der Waals surface area contributed by atoms with Crippen LogP contribution < -0.4 is 21.3 Å². The molecule has 0 bridgehead atoms. The van der Waals surface area contributed by atoms with Gasteiger partial charge >= 0.3 is 0 Å². The molecule has 2 heterocycles. The molecule has 1 atom stereocenters. The van der Waals surface area contributed by atoms with Gasteiger partial charge in [-0.05, 0) is 22.4 Å². The van der Waals surface area contributed by atoms with Crippen LogP contribution in [0.5, 0.6) is 0 Å². The molecule has 0 spiro atoms. The van der Waals surface area contributed by atoms with E-state index in [0.717, 1.165) is 22.9 Å². The zero-order valence-electron chi connectivity index (χ0n) is 15.9. The van der Waals surface area contributed by atoms with Crippen LogP contribution in [0.3, 0.4) is 0 Å². The number of aromatic amines is 1. The zero-order chi connectivity index (χ0) is 19.3. The van der Waals surface area contributed by atoms with E-state index in [9.17, 15) is 9.59 Å². The number of pyridine rings is 1. The number of ether oxygens (including phenoxy) is 1. The molecular weight excluding hydrogens is 354 g/mol. The molecule has 3 aliphatic rings. The van der Waals surface area contributed by atoms with E-state index in [1.807, 2.05) is 18.2 Å². The van der Waals surface area contributed by atoms with Crippen molar-refractivity contribution in [2.24, 2.45) is 0 Å². The van der Waals surface area contributed by atoms with E-state index >= 15 is 0 Å². The van der Waals surface area contributed by atoms with E-state index in [1.165, 1.54) is 18.1 Å². The molecule has 1 fully saturated rings. The van der Waals surface area contributed by atoms with Gasteiger partial charge in [0.25, 0.3) is 5.56 Å². The van der Waals surface area contributed by atoms with Crippen molar-refractivity contribution in [2.45, 2.75) is 25.4 Å². The molecule has 0 radical (unpaired) electrons. The molecular formula is C22H23N3O3. The fourth-order valence-electron chi connectivity index (χ4n) is 4.78. The normalized spacial score (nSPS) is 23.0. The van der Waals surface area contributed by atoms with Crippen molar-refractivity contribution in [1.82, 2.24) is 15.2 Å². The van der Waals surface area contributed by atoms with E-state index in [-0.39, 0.29) is 11.5 Å². The number of aromatic nitrogens is 1. The lowest BCUT2D eigenvalue weighted by molar-refractivity contribution is -0.123. The second-order valence-corrected chi connectivity index (χ2v) is 7.73. The number of nitrogens with zero attached hydrogens (tertiary/aromatic N) is 1. The van der Waals surface area contributed by atoms with E-state index in [0.29, 0.717) is 37.9 Å². The quantitative estimate of drug-likeness (QED) is 0.663. The van der Waals surface area contributed by atoms with Gasteiger partial charge in [-0.15, -0.1) is 0 Å². The first-order chi connectivity index (χ1) is 13.6. The number of fused-ring (bicyclic) bond motifs is 5. The minimum Gasteiger partial charge on any atom is -0.379 e. The Labute approximate surface area is 162 Å². The number of carbonyl (C=O) groups excluding carboxylic acids is 1. The van der Waals surface area contributed by atoms with Crippen LogP contribution in [-0.2, 0) is 16.0 Å². The lowest BCUT2D eigenvalue weighted by Gasteiger charge is -2.44. The SMILES string of the molecule is CC(=O)NC1(N2CCOCC2)C=c2c(=O)[nH]c3c(c2=CC1)Cc1ccccc1-3. The summed E-state index contributed by atoms with van der Waals surface area (Å²) < 4.78 is 5.48. The molecule has 1 saturated heterocycles. The number of benzene rings is 1. The Kier molecular flexibility index (Phi) is 4.00. The van der Waals surface area contributed by atoms with Crippen LogP contribution in [0.2, 0.25) is 0 Å². The third kappa shape index (κ3) is 2.64. The van der Waals surface area contributed by atoms with Crippen molar-refractivity contribution in [3.8, 4) is 11.3 Å². The van der Waals surface area contributed by atoms with Gasteiger partial charge in [0.15, 0.2) is 0 Å². The molecule has 1 unspecified atom stereocenters. The average molecular weight is 377 g/mol. The fraction of sp³-hybridized carbons (Fsp3) is 0.364. The number of nitrogens with one attached hydrogen (secondary N) is 2. The van der Waals surface area contributed by atoms with Gasteiger partial charge in [0, 0.05) is 43.6 Å². The molecule has 1 aliphatic heterocycles. The summed E-state index contributed by atoms with van der Waals surface area (Å²) in [5.74, 6) is -0.107. The standard InChI is InChI=1S/C22H23N3O3/c1-14(26)24-22(25-8-10-28-11-9-25)7-6-17-18-12-15-4-2-3-5-16(15)20(18)23-21(27)19(17)13-22/h2-6,13H,7-12H2,1H3,(H,23,27)(H,24,26). The van der Waals surface area contributed by atoms with Crippen LogP contribution in [0, 0.1) is 0 Å². The Morgan fingerprint density at radius 3 is 2.79 bits per heavy atom. The third-order valence-corrected chi connectivity index (χ3v) is 6.02. The van der Waals surface area contributed by atoms with Crippen LogP contribution in [0.25, 0.3) is 23.4 Å². The number of rotatable bonds is 2. The van der Waals surface area contributed by atoms with Gasteiger partial charge in [0.2, 0.25) is 5.91 Å². The van der Waals surface area contributed by atoms with Crippen molar-refractivity contribution >= 4 is 18.1 Å². The predicted octanol–water partition coefficient (Wildman–Crippen LogP) is 0.0754. The number of morpholine rings is 1. The van der Waals surface area contributed by atoms with E-state index in [2.05, 4.69) is 33.4 Å². The Morgan fingerprint density at radius 1 is 1.21 bits per heavy atom. The van der Waals surface area contributed by atoms with Crippen LogP contribution in [0.1, 0.15) is 24.5 Å². The minimum absolute atomic E-state index is 0.107. The maximum absolute atomic E-state index is 13.0. The highest BCUT2D eigenvalue weighted by Crippen LogP contribution is 2.32. The Balaban J connectivity index is 1.69. The molecule has 6 nitrogen and oxygen atoms in total. The summed E-state index contributed by atoms with van der Waals surface area (Å²) in [5, 5.41) is 4.76. The lowest BCUT2D eigenvalue weighted by atomic mass is 9.93. The molecule has 1 amide bonds. The van der Waals surface area contributed by atoms with Gasteiger partial charge in [-0.3, -0.25) is 14.5 Å². The maximum Gasteiger partial charge on any atom is 0.256 e. The second-order valence-electron chi connectivity index (χ2n) is 7.73. The number of carbonyl (C=O) groups is 1. The molecule has 2 aromatic rings. The predicted molar refractivity (Wildman–Crippen MR) is 107 cm³/mol. The molecule has 0 saturated carbocycles. The van der Waals surface area contributed by atoms with Gasteiger partial charge < -0.3 is 15.0 Å². The van der Waals surface area contributed by atoms with Gasteiger partial charge in [-0.25, -0.2) is 0 Å². The van der Waals surface area contributed by atoms with Crippen LogP contribution in [-0.4, -0.2) is 47.8 Å². The van der Waals surface area contributed by atoms with Gasteiger partial charge in [0.1, 0.15) is 5.66 Å². The van der Waals surface area contributed by atoms with Crippen molar-refractivity contribution in [3.05, 3.63) is 56.2 Å². The van der Waals surface area contributed by atoms with Crippen LogP contribution in [0.15, 0.2) is 29.1 Å². The Morgan fingerprint density at radius 2 is 2.00 bits per heavy atom. The molecule has 2 aliphatic carbocycles. The monoisotopic (exact) mass is 377 g/mol. The summed E-state index contributed by atoms with van der Waals surface area (Å²) in [6, 6.07) is 8.21. The topological polar surface area (TPSA) is 74.4 Å². The summed E-state index contributed by atoms with van der Waals surface area (Å²) in [7, 11) is 0. The summed E-state index contributed by atoms with van der Waals surface area (Å²) >= 11 is 0. The van der Waals surface area contributed by atoms with Crippen molar-refractivity contribution in [2.75, 3.05) is 26.3 Å². The number of hydrogen-bond acceptors (Lipinski definition) is 4. The molecule has 28 heavy (non-hydrogen) atoms. The smallest absolute Gasteiger partial charge is 0.256 e. The highest BCUT2D eigenvalue weighted by molar-refractivity contribution is 5.77. The molecule has 5 rings (SSSR count). The maximum atomic E-state index is 13.0. The fourth-order valence-corrected chi connectivity index (χ4v) is 4.78. The van der Waals surface area contributed by atoms with Crippen molar-refractivity contribution < 1.29 is 9.53 Å². The summed E-state index contributed by atoms with van der Waals surface area (Å²) in [4.78, 5) is 30.3. The second kappa shape index (κ2) is 6.43. The van der Waals surface area contributed by atoms with Crippen molar-refractivity contribution in [3.63, 3.8) is 0 Å². The van der Waals surface area contributed by atoms with E-state index in [4.69, 9.17) is 4.74 Å².